The Morgan fingerprint density at radius 1 is 1.30 bits per heavy atom. The fraction of sp³-hybridized carbons (Fsp3) is 0.917. The lowest BCUT2D eigenvalue weighted by Crippen LogP contribution is -2.53. The van der Waals surface area contributed by atoms with Crippen LogP contribution in [-0.4, -0.2) is 52.7 Å². The Hall–Kier alpha value is -1.05. The van der Waals surface area contributed by atoms with Gasteiger partial charge in [0.05, 0.1) is 0 Å². The third-order valence-electron chi connectivity index (χ3n) is 3.08. The van der Waals surface area contributed by atoms with Crippen LogP contribution in [0.15, 0.2) is 0 Å². The molecule has 1 aliphatic rings. The Balaban J connectivity index is 2.79. The molecule has 0 aromatic carbocycles. The number of aliphatic hydroxyl groups is 1. The summed E-state index contributed by atoms with van der Waals surface area (Å²) in [5.41, 5.74) is -4.21. The van der Waals surface area contributed by atoms with E-state index in [9.17, 15) is 27.5 Å². The van der Waals surface area contributed by atoms with Crippen LogP contribution in [0.25, 0.3) is 0 Å². The minimum Gasteiger partial charge on any atom is -0.444 e. The first-order valence-electron chi connectivity index (χ1n) is 6.28. The van der Waals surface area contributed by atoms with Crippen molar-refractivity contribution in [2.45, 2.75) is 57.2 Å². The monoisotopic (exact) mass is 301 g/mol. The largest absolute Gasteiger partial charge is 0.444 e. The molecule has 118 valence electrons. The third kappa shape index (κ3) is 3.74. The van der Waals surface area contributed by atoms with E-state index in [0.717, 1.165) is 4.90 Å². The molecule has 8 heteroatoms. The lowest BCUT2D eigenvalue weighted by atomic mass is 9.92. The summed E-state index contributed by atoms with van der Waals surface area (Å²) in [5.74, 6) is 0. The van der Waals surface area contributed by atoms with Gasteiger partial charge < -0.3 is 14.7 Å². The molecular formula is C12H19F4NO3. The van der Waals surface area contributed by atoms with Gasteiger partial charge in [0.2, 0.25) is 0 Å². The van der Waals surface area contributed by atoms with Gasteiger partial charge in [-0.3, -0.25) is 0 Å². The number of carbonyl (C=O) groups excluding carboxylic acids is 1. The average molecular weight is 301 g/mol. The maximum Gasteiger partial charge on any atom is 0.420 e. The van der Waals surface area contributed by atoms with Crippen molar-refractivity contribution in [1.82, 2.24) is 4.90 Å². The molecule has 2 atom stereocenters. The molecule has 1 heterocycles. The number of hydrogen-bond donors (Lipinski definition) is 1. The maximum atomic E-state index is 13.6. The van der Waals surface area contributed by atoms with Crippen LogP contribution < -0.4 is 0 Å². The molecule has 0 radical (unpaired) electrons. The molecule has 4 nitrogen and oxygen atoms in total. The second kappa shape index (κ2) is 5.38. The number of likely N-dealkylation sites (tertiary alicyclic amines) is 1. The first-order chi connectivity index (χ1) is 8.87. The zero-order valence-electron chi connectivity index (χ0n) is 11.6. The molecule has 0 aliphatic carbocycles. The first kappa shape index (κ1) is 17.0. The van der Waals surface area contributed by atoms with Crippen molar-refractivity contribution in [3.63, 3.8) is 0 Å². The number of ether oxygens (including phenoxy) is 1. The molecule has 0 bridgehead atoms. The highest BCUT2D eigenvalue weighted by molar-refractivity contribution is 5.68. The van der Waals surface area contributed by atoms with Crippen LogP contribution in [0, 0.1) is 0 Å². The third-order valence-corrected chi connectivity index (χ3v) is 3.08. The van der Waals surface area contributed by atoms with Crippen LogP contribution in [0.4, 0.5) is 22.4 Å². The predicted octanol–water partition coefficient (Wildman–Crippen LogP) is 2.65. The fourth-order valence-electron chi connectivity index (χ4n) is 1.91. The van der Waals surface area contributed by atoms with E-state index in [1.165, 1.54) is 0 Å². The normalized spacial score (nSPS) is 29.0. The van der Waals surface area contributed by atoms with Gasteiger partial charge in [0, 0.05) is 19.5 Å². The molecule has 1 saturated heterocycles. The molecule has 20 heavy (non-hydrogen) atoms. The number of hydrogen-bond acceptors (Lipinski definition) is 3. The van der Waals surface area contributed by atoms with Crippen molar-refractivity contribution in [2.75, 3.05) is 13.1 Å². The van der Waals surface area contributed by atoms with Gasteiger partial charge in [-0.25, -0.2) is 9.18 Å². The van der Waals surface area contributed by atoms with Crippen molar-refractivity contribution >= 4 is 6.09 Å². The van der Waals surface area contributed by atoms with Gasteiger partial charge in [-0.2, -0.15) is 13.2 Å². The molecule has 0 aromatic heterocycles. The molecule has 0 spiro atoms. The summed E-state index contributed by atoms with van der Waals surface area (Å²) in [6.07, 6.45) is -9.84. The first-order valence-corrected chi connectivity index (χ1v) is 6.28. The number of carbonyl (C=O) groups is 1. The van der Waals surface area contributed by atoms with E-state index < -0.39 is 49.0 Å². The molecule has 0 saturated carbocycles. The summed E-state index contributed by atoms with van der Waals surface area (Å²) in [6.45, 7) is 4.21. The Morgan fingerprint density at radius 2 is 1.85 bits per heavy atom. The number of alkyl halides is 4. The van der Waals surface area contributed by atoms with E-state index in [4.69, 9.17) is 4.74 Å². The van der Waals surface area contributed by atoms with Gasteiger partial charge in [-0.05, 0) is 27.2 Å². The SMILES string of the molecule is CC(C)(C)OC(=O)N1CC[C@H](F)[C@](O)(C(F)(F)F)CC1. The van der Waals surface area contributed by atoms with Crippen LogP contribution >= 0.6 is 0 Å². The van der Waals surface area contributed by atoms with E-state index in [1.54, 1.807) is 20.8 Å². The summed E-state index contributed by atoms with van der Waals surface area (Å²) in [4.78, 5) is 12.7. The predicted molar refractivity (Wildman–Crippen MR) is 62.9 cm³/mol. The van der Waals surface area contributed by atoms with Crippen molar-refractivity contribution in [1.29, 1.82) is 0 Å². The van der Waals surface area contributed by atoms with E-state index in [0.29, 0.717) is 0 Å². The number of nitrogens with zero attached hydrogens (tertiary/aromatic N) is 1. The van der Waals surface area contributed by atoms with Crippen molar-refractivity contribution in [3.05, 3.63) is 0 Å². The summed E-state index contributed by atoms with van der Waals surface area (Å²) in [7, 11) is 0. The highest BCUT2D eigenvalue weighted by Crippen LogP contribution is 2.40. The van der Waals surface area contributed by atoms with E-state index >= 15 is 0 Å². The molecular weight excluding hydrogens is 282 g/mol. The lowest BCUT2D eigenvalue weighted by Gasteiger charge is -2.31. The quantitative estimate of drug-likeness (QED) is 0.700. The Morgan fingerprint density at radius 3 is 2.30 bits per heavy atom. The zero-order chi connectivity index (χ0) is 15.8. The zero-order valence-corrected chi connectivity index (χ0v) is 11.6. The minimum atomic E-state index is -5.07. The van der Waals surface area contributed by atoms with Crippen molar-refractivity contribution in [3.8, 4) is 0 Å². The van der Waals surface area contributed by atoms with Crippen LogP contribution in [-0.2, 0) is 4.74 Å². The average Bonchev–Trinajstić information content (AvgIpc) is 2.37. The van der Waals surface area contributed by atoms with Gasteiger partial charge in [0.15, 0.2) is 5.60 Å². The summed E-state index contributed by atoms with van der Waals surface area (Å²) >= 11 is 0. The van der Waals surface area contributed by atoms with E-state index in [1.807, 2.05) is 0 Å². The van der Waals surface area contributed by atoms with Gasteiger partial charge in [0.25, 0.3) is 0 Å². The second-order valence-electron chi connectivity index (χ2n) is 5.90. The topological polar surface area (TPSA) is 49.8 Å². The van der Waals surface area contributed by atoms with Crippen molar-refractivity contribution < 1.29 is 32.2 Å². The Bertz CT molecular complexity index is 367. The van der Waals surface area contributed by atoms with Gasteiger partial charge in [0.1, 0.15) is 11.8 Å². The molecule has 1 amide bonds. The highest BCUT2D eigenvalue weighted by Gasteiger charge is 2.59. The van der Waals surface area contributed by atoms with Crippen LogP contribution in [0.1, 0.15) is 33.6 Å². The Kier molecular flexibility index (Phi) is 4.58. The number of rotatable bonds is 0. The van der Waals surface area contributed by atoms with Crippen molar-refractivity contribution in [2.24, 2.45) is 0 Å². The second-order valence-corrected chi connectivity index (χ2v) is 5.90. The van der Waals surface area contributed by atoms with Gasteiger partial charge in [-0.1, -0.05) is 0 Å². The molecule has 1 rings (SSSR count). The molecule has 1 aliphatic heterocycles. The molecule has 1 fully saturated rings. The standard InChI is InChI=1S/C12H19F4NO3/c1-10(2,3)20-9(18)17-6-4-8(13)11(19,5-7-17)12(14,15)16/h8,19H,4-7H2,1-3H3/t8-,11-/m0/s1. The molecule has 0 aromatic rings. The lowest BCUT2D eigenvalue weighted by molar-refractivity contribution is -0.281. The molecule has 0 unspecified atom stereocenters. The van der Waals surface area contributed by atoms with E-state index in [2.05, 4.69) is 0 Å². The number of amides is 1. The van der Waals surface area contributed by atoms with Gasteiger partial charge in [-0.15, -0.1) is 0 Å². The minimum absolute atomic E-state index is 0.228. The highest BCUT2D eigenvalue weighted by atomic mass is 19.4. The summed E-state index contributed by atoms with van der Waals surface area (Å²) < 4.78 is 56.8. The number of halogens is 4. The maximum absolute atomic E-state index is 13.6. The summed E-state index contributed by atoms with van der Waals surface area (Å²) in [6, 6.07) is 0. The summed E-state index contributed by atoms with van der Waals surface area (Å²) in [5, 5.41) is 9.51. The fourth-order valence-corrected chi connectivity index (χ4v) is 1.91. The van der Waals surface area contributed by atoms with Gasteiger partial charge >= 0.3 is 12.3 Å². The smallest absolute Gasteiger partial charge is 0.420 e. The molecule has 1 N–H and O–H groups in total. The Labute approximate surface area is 114 Å². The van der Waals surface area contributed by atoms with Crippen LogP contribution in [0.5, 0.6) is 0 Å². The van der Waals surface area contributed by atoms with Crippen LogP contribution in [0.2, 0.25) is 0 Å². The van der Waals surface area contributed by atoms with Crippen LogP contribution in [0.3, 0.4) is 0 Å². The van der Waals surface area contributed by atoms with E-state index in [-0.39, 0.29) is 6.54 Å².